The van der Waals surface area contributed by atoms with Crippen LogP contribution in [-0.2, 0) is 24.1 Å². The number of ether oxygens (including phenoxy) is 1. The van der Waals surface area contributed by atoms with Gasteiger partial charge < -0.3 is 10.1 Å². The molecular weight excluding hydrogens is 393 g/mol. The van der Waals surface area contributed by atoms with Crippen LogP contribution in [0.1, 0.15) is 43.9 Å². The molecule has 0 fully saturated rings. The van der Waals surface area contributed by atoms with Gasteiger partial charge in [0, 0.05) is 6.54 Å². The number of nitrogens with one attached hydrogen (secondary N) is 1. The number of hydrogen-bond donors (Lipinski definition) is 1. The smallest absolute Gasteiger partial charge is 0.416 e. The van der Waals surface area contributed by atoms with Gasteiger partial charge in [-0.25, -0.2) is 0 Å². The molecule has 2 aromatic carbocycles. The average molecular weight is 422 g/mol. The molecular formula is C23H29F3N2O2. The highest BCUT2D eigenvalue weighted by Gasteiger charge is 2.29. The molecule has 0 aromatic heterocycles. The minimum atomic E-state index is -4.34. The zero-order chi connectivity index (χ0) is 22.1. The Hall–Kier alpha value is -2.54. The Bertz CT molecular complexity index is 786. The van der Waals surface area contributed by atoms with E-state index in [1.165, 1.54) is 12.1 Å². The summed E-state index contributed by atoms with van der Waals surface area (Å²) in [5.41, 5.74) is 0.921. The number of amides is 1. The van der Waals surface area contributed by atoms with Crippen LogP contribution in [0.2, 0.25) is 0 Å². The number of halogens is 3. The van der Waals surface area contributed by atoms with Gasteiger partial charge in [0.1, 0.15) is 12.4 Å². The molecule has 0 unspecified atom stereocenters. The van der Waals surface area contributed by atoms with Gasteiger partial charge in [-0.05, 0) is 54.9 Å². The molecule has 0 aliphatic carbocycles. The normalized spacial score (nSPS) is 12.6. The largest absolute Gasteiger partial charge is 0.489 e. The van der Waals surface area contributed by atoms with Crippen LogP contribution in [0.25, 0.3) is 0 Å². The zero-order valence-electron chi connectivity index (χ0n) is 17.6. The Kier molecular flexibility index (Phi) is 8.72. The third-order valence-corrected chi connectivity index (χ3v) is 5.02. The summed E-state index contributed by atoms with van der Waals surface area (Å²) in [6.07, 6.45) is -3.59. The van der Waals surface area contributed by atoms with E-state index in [0.717, 1.165) is 37.2 Å². The van der Waals surface area contributed by atoms with Crippen molar-refractivity contribution >= 4 is 5.91 Å². The Morgan fingerprint density at radius 1 is 0.967 bits per heavy atom. The molecule has 2 rings (SSSR count). The molecule has 1 amide bonds. The molecule has 7 heteroatoms. The number of hydrogen-bond acceptors (Lipinski definition) is 3. The van der Waals surface area contributed by atoms with Crippen molar-refractivity contribution in [3.05, 3.63) is 65.2 Å². The van der Waals surface area contributed by atoms with Crippen LogP contribution in [0.15, 0.2) is 48.5 Å². The highest BCUT2D eigenvalue weighted by molar-refractivity contribution is 5.81. The summed E-state index contributed by atoms with van der Waals surface area (Å²) in [6, 6.07) is 12.1. The summed E-state index contributed by atoms with van der Waals surface area (Å²) in [6.45, 7) is 8.35. The first-order valence-corrected chi connectivity index (χ1v) is 10.2. The zero-order valence-corrected chi connectivity index (χ0v) is 17.6. The summed E-state index contributed by atoms with van der Waals surface area (Å²) >= 11 is 0. The minimum absolute atomic E-state index is 0.0174. The van der Waals surface area contributed by atoms with Crippen molar-refractivity contribution in [2.24, 2.45) is 0 Å². The van der Waals surface area contributed by atoms with Gasteiger partial charge in [-0.15, -0.1) is 0 Å². The van der Waals surface area contributed by atoms with Crippen molar-refractivity contribution in [3.8, 4) is 5.75 Å². The molecule has 0 aliphatic heterocycles. The Morgan fingerprint density at radius 3 is 2.03 bits per heavy atom. The number of rotatable bonds is 10. The van der Waals surface area contributed by atoms with E-state index in [9.17, 15) is 18.0 Å². The topological polar surface area (TPSA) is 41.6 Å². The fourth-order valence-electron chi connectivity index (χ4n) is 3.24. The van der Waals surface area contributed by atoms with Crippen LogP contribution in [0, 0.1) is 0 Å². The summed E-state index contributed by atoms with van der Waals surface area (Å²) in [7, 11) is 0. The monoisotopic (exact) mass is 422 g/mol. The van der Waals surface area contributed by atoms with Gasteiger partial charge in [-0.1, -0.05) is 45.0 Å². The van der Waals surface area contributed by atoms with E-state index in [0.29, 0.717) is 17.9 Å². The molecule has 0 spiro atoms. The lowest BCUT2D eigenvalue weighted by Gasteiger charge is -2.27. The van der Waals surface area contributed by atoms with Gasteiger partial charge in [-0.2, -0.15) is 13.2 Å². The number of nitrogens with zero attached hydrogens (tertiary/aromatic N) is 1. The molecule has 1 atom stereocenters. The second-order valence-corrected chi connectivity index (χ2v) is 6.99. The van der Waals surface area contributed by atoms with E-state index in [2.05, 4.69) is 10.2 Å². The van der Waals surface area contributed by atoms with Crippen LogP contribution < -0.4 is 10.1 Å². The maximum absolute atomic E-state index is 12.6. The molecule has 0 aliphatic rings. The highest BCUT2D eigenvalue weighted by atomic mass is 19.4. The Morgan fingerprint density at radius 2 is 1.53 bits per heavy atom. The first-order chi connectivity index (χ1) is 14.3. The third kappa shape index (κ3) is 6.76. The molecule has 30 heavy (non-hydrogen) atoms. The maximum Gasteiger partial charge on any atom is 0.416 e. The number of likely N-dealkylation sites (N-methyl/N-ethyl adjacent to an activating group) is 1. The molecule has 0 saturated carbocycles. The molecule has 1 N–H and O–H groups in total. The number of carbonyl (C=O) groups excluding carboxylic acids is 1. The van der Waals surface area contributed by atoms with Gasteiger partial charge >= 0.3 is 6.18 Å². The molecule has 164 valence electrons. The van der Waals surface area contributed by atoms with Crippen LogP contribution in [-0.4, -0.2) is 29.9 Å². The fourth-order valence-corrected chi connectivity index (χ4v) is 3.24. The molecule has 0 radical (unpaired) electrons. The van der Waals surface area contributed by atoms with Gasteiger partial charge in [0.25, 0.3) is 0 Å². The van der Waals surface area contributed by atoms with Gasteiger partial charge in [-0.3, -0.25) is 9.69 Å². The molecule has 0 heterocycles. The predicted octanol–water partition coefficient (Wildman–Crippen LogP) is 5.02. The van der Waals surface area contributed by atoms with Crippen molar-refractivity contribution in [1.82, 2.24) is 10.2 Å². The molecule has 0 bridgehead atoms. The standard InChI is InChI=1S/C23H29F3N2O2/c1-4-21(28(5-2)6-3)22(29)27-15-17-9-13-20(14-10-17)30-16-18-7-11-19(12-8-18)23(24,25)26/h7-14,21H,4-6,15-16H2,1-3H3,(H,27,29)/t21-/m0/s1. The molecule has 4 nitrogen and oxygen atoms in total. The van der Waals surface area contributed by atoms with Crippen molar-refractivity contribution < 1.29 is 22.7 Å². The van der Waals surface area contributed by atoms with Crippen molar-refractivity contribution in [1.29, 1.82) is 0 Å². The minimum Gasteiger partial charge on any atom is -0.489 e. The first kappa shape index (κ1) is 23.7. The van der Waals surface area contributed by atoms with E-state index in [4.69, 9.17) is 4.74 Å². The van der Waals surface area contributed by atoms with Crippen molar-refractivity contribution in [2.75, 3.05) is 13.1 Å². The van der Waals surface area contributed by atoms with E-state index >= 15 is 0 Å². The number of benzene rings is 2. The fraction of sp³-hybridized carbons (Fsp3) is 0.435. The SMILES string of the molecule is CC[C@@H](C(=O)NCc1ccc(OCc2ccc(C(F)(F)F)cc2)cc1)N(CC)CC. The van der Waals surface area contributed by atoms with Crippen LogP contribution in [0.4, 0.5) is 13.2 Å². The van der Waals surface area contributed by atoms with Gasteiger partial charge in [0.2, 0.25) is 5.91 Å². The lowest BCUT2D eigenvalue weighted by atomic mass is 10.1. The second kappa shape index (κ2) is 11.0. The highest BCUT2D eigenvalue weighted by Crippen LogP contribution is 2.29. The van der Waals surface area contributed by atoms with Crippen LogP contribution in [0.5, 0.6) is 5.75 Å². The van der Waals surface area contributed by atoms with Gasteiger partial charge in [0.15, 0.2) is 0 Å². The summed E-state index contributed by atoms with van der Waals surface area (Å²) < 4.78 is 43.4. The quantitative estimate of drug-likeness (QED) is 0.585. The Balaban J connectivity index is 1.85. The first-order valence-electron chi connectivity index (χ1n) is 10.2. The predicted molar refractivity (Wildman–Crippen MR) is 111 cm³/mol. The van der Waals surface area contributed by atoms with Crippen molar-refractivity contribution in [3.63, 3.8) is 0 Å². The summed E-state index contributed by atoms with van der Waals surface area (Å²) in [5, 5.41) is 2.98. The van der Waals surface area contributed by atoms with E-state index < -0.39 is 11.7 Å². The Labute approximate surface area is 176 Å². The molecule has 2 aromatic rings. The molecule has 0 saturated heterocycles. The number of carbonyl (C=O) groups is 1. The van der Waals surface area contributed by atoms with Gasteiger partial charge in [0.05, 0.1) is 11.6 Å². The lowest BCUT2D eigenvalue weighted by Crippen LogP contribution is -2.46. The van der Waals surface area contributed by atoms with Crippen molar-refractivity contribution in [2.45, 2.75) is 52.6 Å². The number of alkyl halides is 3. The second-order valence-electron chi connectivity index (χ2n) is 6.99. The maximum atomic E-state index is 12.6. The average Bonchev–Trinajstić information content (AvgIpc) is 2.74. The summed E-state index contributed by atoms with van der Waals surface area (Å²) in [5.74, 6) is 0.628. The van der Waals surface area contributed by atoms with E-state index in [1.807, 2.05) is 32.9 Å². The lowest BCUT2D eigenvalue weighted by molar-refractivity contribution is -0.137. The van der Waals surface area contributed by atoms with E-state index in [-0.39, 0.29) is 18.6 Å². The van der Waals surface area contributed by atoms with Crippen LogP contribution >= 0.6 is 0 Å². The third-order valence-electron chi connectivity index (χ3n) is 5.02. The van der Waals surface area contributed by atoms with Crippen LogP contribution in [0.3, 0.4) is 0 Å². The summed E-state index contributed by atoms with van der Waals surface area (Å²) in [4.78, 5) is 14.6. The van der Waals surface area contributed by atoms with E-state index in [1.54, 1.807) is 12.1 Å².